The monoisotopic (exact) mass is 414 g/mol. The summed E-state index contributed by atoms with van der Waals surface area (Å²) in [6.45, 7) is 3.94. The van der Waals surface area contributed by atoms with E-state index in [0.29, 0.717) is 19.7 Å². The molecule has 30 heavy (non-hydrogen) atoms. The minimum Gasteiger partial charge on any atom is -0.493 e. The Hall–Kier alpha value is -2.93. The number of likely N-dealkylation sites (N-methyl/N-ethyl adjacent to an activating group) is 1. The van der Waals surface area contributed by atoms with Gasteiger partial charge in [0.05, 0.1) is 26.8 Å². The van der Waals surface area contributed by atoms with Gasteiger partial charge in [-0.1, -0.05) is 23.8 Å². The van der Waals surface area contributed by atoms with Gasteiger partial charge in [0.15, 0.2) is 17.5 Å². The largest absolute Gasteiger partial charge is 0.493 e. The average molecular weight is 415 g/mol. The standard InChI is InChI=1S/C23H34N4O3/c1-17-7-10-19(11-8-17)30-14-13-25-23(24-2)26-16-20(27(3)4)18-9-12-21(28-5)22(15-18)29-6/h7-12,15,20H,13-14,16H2,1-6H3,(H2,24,25,26). The van der Waals surface area contributed by atoms with Crippen LogP contribution < -0.4 is 24.8 Å². The summed E-state index contributed by atoms with van der Waals surface area (Å²) < 4.78 is 16.5. The van der Waals surface area contributed by atoms with E-state index in [4.69, 9.17) is 14.2 Å². The summed E-state index contributed by atoms with van der Waals surface area (Å²) in [6, 6.07) is 14.2. The molecule has 7 heteroatoms. The molecule has 0 bridgehead atoms. The first kappa shape index (κ1) is 23.3. The van der Waals surface area contributed by atoms with Crippen molar-refractivity contribution in [2.45, 2.75) is 13.0 Å². The number of hydrogen-bond acceptors (Lipinski definition) is 5. The minimum absolute atomic E-state index is 0.132. The van der Waals surface area contributed by atoms with Crippen LogP contribution in [0.4, 0.5) is 0 Å². The Labute approximate surface area is 180 Å². The zero-order valence-corrected chi connectivity index (χ0v) is 18.9. The number of ether oxygens (including phenoxy) is 3. The van der Waals surface area contributed by atoms with Crippen LogP contribution in [0.2, 0.25) is 0 Å². The number of hydrogen-bond donors (Lipinski definition) is 2. The SMILES string of the molecule is CN=C(NCCOc1ccc(C)cc1)NCC(c1ccc(OC)c(OC)c1)N(C)C. The second-order valence-corrected chi connectivity index (χ2v) is 7.14. The zero-order valence-electron chi connectivity index (χ0n) is 18.9. The Balaban J connectivity index is 1.88. The third-order valence-electron chi connectivity index (χ3n) is 4.79. The van der Waals surface area contributed by atoms with Crippen molar-refractivity contribution < 1.29 is 14.2 Å². The van der Waals surface area contributed by atoms with Crippen LogP contribution in [0.1, 0.15) is 17.2 Å². The first-order valence-electron chi connectivity index (χ1n) is 10.0. The first-order valence-corrected chi connectivity index (χ1v) is 10.0. The molecule has 1 unspecified atom stereocenters. The molecule has 7 nitrogen and oxygen atoms in total. The van der Waals surface area contributed by atoms with E-state index in [-0.39, 0.29) is 6.04 Å². The van der Waals surface area contributed by atoms with E-state index in [1.807, 2.05) is 36.4 Å². The molecule has 0 fully saturated rings. The summed E-state index contributed by atoms with van der Waals surface area (Å²) in [6.07, 6.45) is 0. The number of aryl methyl sites for hydroxylation is 1. The molecular formula is C23H34N4O3. The lowest BCUT2D eigenvalue weighted by Gasteiger charge is -2.26. The lowest BCUT2D eigenvalue weighted by atomic mass is 10.1. The normalized spacial score (nSPS) is 12.4. The summed E-state index contributed by atoms with van der Waals surface area (Å²) in [5, 5.41) is 6.68. The predicted molar refractivity (Wildman–Crippen MR) is 122 cm³/mol. The number of nitrogens with zero attached hydrogens (tertiary/aromatic N) is 2. The second-order valence-electron chi connectivity index (χ2n) is 7.14. The Bertz CT molecular complexity index is 807. The van der Waals surface area contributed by atoms with Gasteiger partial charge in [-0.25, -0.2) is 0 Å². The highest BCUT2D eigenvalue weighted by atomic mass is 16.5. The number of benzene rings is 2. The van der Waals surface area contributed by atoms with Crippen molar-refractivity contribution in [1.82, 2.24) is 15.5 Å². The van der Waals surface area contributed by atoms with E-state index in [0.717, 1.165) is 28.8 Å². The highest BCUT2D eigenvalue weighted by Crippen LogP contribution is 2.31. The Morgan fingerprint density at radius 1 is 1.00 bits per heavy atom. The molecule has 0 aliphatic carbocycles. The van der Waals surface area contributed by atoms with E-state index in [1.54, 1.807) is 21.3 Å². The van der Waals surface area contributed by atoms with Crippen LogP contribution in [0, 0.1) is 6.92 Å². The van der Waals surface area contributed by atoms with E-state index >= 15 is 0 Å². The fourth-order valence-electron chi connectivity index (χ4n) is 3.05. The van der Waals surface area contributed by atoms with Crippen LogP contribution in [0.3, 0.4) is 0 Å². The Kier molecular flexibility index (Phi) is 9.28. The van der Waals surface area contributed by atoms with Crippen LogP contribution >= 0.6 is 0 Å². The van der Waals surface area contributed by atoms with Gasteiger partial charge in [-0.15, -0.1) is 0 Å². The number of aliphatic imine (C=N–C) groups is 1. The number of rotatable bonds is 10. The third-order valence-corrected chi connectivity index (χ3v) is 4.79. The molecule has 0 amide bonds. The summed E-state index contributed by atoms with van der Waals surface area (Å²) >= 11 is 0. The molecule has 0 heterocycles. The lowest BCUT2D eigenvalue weighted by Crippen LogP contribution is -2.43. The van der Waals surface area contributed by atoms with Crippen LogP contribution in [-0.2, 0) is 0 Å². The number of guanidine groups is 1. The molecule has 1 atom stereocenters. The lowest BCUT2D eigenvalue weighted by molar-refractivity contribution is 0.295. The molecule has 0 aliphatic heterocycles. The first-order chi connectivity index (χ1) is 14.5. The van der Waals surface area contributed by atoms with E-state index in [2.05, 4.69) is 47.6 Å². The van der Waals surface area contributed by atoms with Crippen molar-refractivity contribution in [2.24, 2.45) is 4.99 Å². The van der Waals surface area contributed by atoms with Gasteiger partial charge < -0.3 is 29.7 Å². The van der Waals surface area contributed by atoms with Gasteiger partial charge in [0.2, 0.25) is 0 Å². The topological polar surface area (TPSA) is 67.4 Å². The minimum atomic E-state index is 0.132. The van der Waals surface area contributed by atoms with E-state index in [1.165, 1.54) is 5.56 Å². The van der Waals surface area contributed by atoms with Gasteiger partial charge in [0.1, 0.15) is 12.4 Å². The molecule has 0 aromatic heterocycles. The zero-order chi connectivity index (χ0) is 21.9. The predicted octanol–water partition coefficient (Wildman–Crippen LogP) is 2.86. The molecule has 0 saturated heterocycles. The molecule has 0 aliphatic rings. The van der Waals surface area contributed by atoms with Gasteiger partial charge >= 0.3 is 0 Å². The molecule has 2 aromatic rings. The van der Waals surface area contributed by atoms with Gasteiger partial charge in [-0.05, 0) is 50.8 Å². The van der Waals surface area contributed by atoms with E-state index < -0.39 is 0 Å². The molecule has 0 spiro atoms. The average Bonchev–Trinajstić information content (AvgIpc) is 2.76. The second kappa shape index (κ2) is 11.9. The smallest absolute Gasteiger partial charge is 0.191 e. The molecule has 0 radical (unpaired) electrons. The quantitative estimate of drug-likeness (QED) is 0.354. The van der Waals surface area contributed by atoms with Crippen molar-refractivity contribution in [3.8, 4) is 17.2 Å². The molecular weight excluding hydrogens is 380 g/mol. The van der Waals surface area contributed by atoms with Crippen LogP contribution in [0.25, 0.3) is 0 Å². The Morgan fingerprint density at radius 3 is 2.30 bits per heavy atom. The van der Waals surface area contributed by atoms with Crippen molar-refractivity contribution >= 4 is 5.96 Å². The summed E-state index contributed by atoms with van der Waals surface area (Å²) in [7, 11) is 9.15. The maximum atomic E-state index is 5.76. The highest BCUT2D eigenvalue weighted by molar-refractivity contribution is 5.79. The van der Waals surface area contributed by atoms with Crippen molar-refractivity contribution in [3.63, 3.8) is 0 Å². The third kappa shape index (κ3) is 6.84. The van der Waals surface area contributed by atoms with Gasteiger partial charge in [-0.3, -0.25) is 4.99 Å². The van der Waals surface area contributed by atoms with Gasteiger partial charge in [0, 0.05) is 13.6 Å². The van der Waals surface area contributed by atoms with Gasteiger partial charge in [-0.2, -0.15) is 0 Å². The van der Waals surface area contributed by atoms with Crippen LogP contribution in [0.15, 0.2) is 47.5 Å². The molecule has 2 rings (SSSR count). The fourth-order valence-corrected chi connectivity index (χ4v) is 3.05. The molecule has 164 valence electrons. The maximum absolute atomic E-state index is 5.76. The van der Waals surface area contributed by atoms with Crippen molar-refractivity contribution in [2.75, 3.05) is 55.1 Å². The summed E-state index contributed by atoms with van der Waals surface area (Å²) in [5.74, 6) is 3.04. The molecule has 2 aromatic carbocycles. The van der Waals surface area contributed by atoms with Crippen LogP contribution in [0.5, 0.6) is 17.2 Å². The number of nitrogens with one attached hydrogen (secondary N) is 2. The molecule has 2 N–H and O–H groups in total. The highest BCUT2D eigenvalue weighted by Gasteiger charge is 2.17. The molecule has 0 saturated carbocycles. The van der Waals surface area contributed by atoms with Crippen LogP contribution in [-0.4, -0.2) is 65.9 Å². The summed E-state index contributed by atoms with van der Waals surface area (Å²) in [5.41, 5.74) is 2.35. The van der Waals surface area contributed by atoms with Crippen molar-refractivity contribution in [1.29, 1.82) is 0 Å². The van der Waals surface area contributed by atoms with Gasteiger partial charge in [0.25, 0.3) is 0 Å². The van der Waals surface area contributed by atoms with E-state index in [9.17, 15) is 0 Å². The van der Waals surface area contributed by atoms with Crippen molar-refractivity contribution in [3.05, 3.63) is 53.6 Å². The fraction of sp³-hybridized carbons (Fsp3) is 0.435. The maximum Gasteiger partial charge on any atom is 0.191 e. The Morgan fingerprint density at radius 2 is 1.70 bits per heavy atom. The number of methoxy groups -OCH3 is 2. The summed E-state index contributed by atoms with van der Waals surface area (Å²) in [4.78, 5) is 6.46.